The summed E-state index contributed by atoms with van der Waals surface area (Å²) in [6, 6.07) is 3.99. The van der Waals surface area contributed by atoms with Crippen molar-refractivity contribution in [3.8, 4) is 23.0 Å². The molecule has 0 aliphatic rings. The molecule has 0 aliphatic heterocycles. The number of imidazole rings is 2. The summed E-state index contributed by atoms with van der Waals surface area (Å²) >= 11 is 5.89. The lowest BCUT2D eigenvalue weighted by atomic mass is 10.3. The third kappa shape index (κ3) is 3.62. The van der Waals surface area contributed by atoms with Crippen molar-refractivity contribution in [1.82, 2.24) is 29.1 Å². The number of hydrogen-bond acceptors (Lipinski definition) is 6. The molecule has 4 aromatic rings. The van der Waals surface area contributed by atoms with Crippen molar-refractivity contribution in [1.29, 1.82) is 0 Å². The molecule has 0 N–H and O–H groups in total. The summed E-state index contributed by atoms with van der Waals surface area (Å²) in [6.07, 6.45) is -2.19. The van der Waals surface area contributed by atoms with E-state index < -0.39 is 21.7 Å². The van der Waals surface area contributed by atoms with Crippen LogP contribution < -0.4 is 0 Å². The van der Waals surface area contributed by atoms with Crippen LogP contribution in [-0.4, -0.2) is 43.2 Å². The minimum atomic E-state index is -4.64. The number of halogens is 4. The molecule has 0 spiro atoms. The molecule has 0 aromatic carbocycles. The Kier molecular flexibility index (Phi) is 5.24. The zero-order chi connectivity index (χ0) is 23.4. The number of nitrogens with zero attached hydrogens (tertiary/aromatic N) is 6. The zero-order valence-corrected chi connectivity index (χ0v) is 18.6. The lowest BCUT2D eigenvalue weighted by Crippen LogP contribution is -2.11. The number of sulfone groups is 1. The van der Waals surface area contributed by atoms with E-state index in [2.05, 4.69) is 19.9 Å². The Hall–Kier alpha value is -2.99. The normalized spacial score (nSPS) is 12.6. The Balaban J connectivity index is 2.00. The standard InChI is InChI=1S/C19H16ClF3N6O2S/c1-4-32(30,31)18-15(27-16(29(18)3)11-6-5-10(20)8-24-11)17-26-12-7-14(19(21,22)23)25-9-13(12)28(17)2/h5-9H,4H2,1-3H3. The van der Waals surface area contributed by atoms with E-state index in [9.17, 15) is 21.6 Å². The molecule has 0 fully saturated rings. The molecule has 4 aromatic heterocycles. The van der Waals surface area contributed by atoms with E-state index in [1.54, 1.807) is 19.2 Å². The van der Waals surface area contributed by atoms with Crippen LogP contribution in [0.15, 0.2) is 35.6 Å². The first-order valence-corrected chi connectivity index (χ1v) is 11.3. The van der Waals surface area contributed by atoms with E-state index in [1.807, 2.05) is 0 Å². The number of rotatable bonds is 4. The number of fused-ring (bicyclic) bond motifs is 1. The predicted molar refractivity (Wildman–Crippen MR) is 112 cm³/mol. The van der Waals surface area contributed by atoms with Crippen molar-refractivity contribution in [2.24, 2.45) is 14.1 Å². The summed E-state index contributed by atoms with van der Waals surface area (Å²) in [7, 11) is -0.714. The van der Waals surface area contributed by atoms with Crippen LogP contribution in [0.1, 0.15) is 12.6 Å². The van der Waals surface area contributed by atoms with Gasteiger partial charge in [-0.1, -0.05) is 18.5 Å². The average molecular weight is 485 g/mol. The van der Waals surface area contributed by atoms with Gasteiger partial charge in [0.2, 0.25) is 0 Å². The van der Waals surface area contributed by atoms with Crippen molar-refractivity contribution >= 4 is 32.5 Å². The van der Waals surface area contributed by atoms with Crippen LogP contribution in [-0.2, 0) is 30.1 Å². The maximum atomic E-state index is 13.1. The second kappa shape index (κ2) is 7.55. The number of alkyl halides is 3. The maximum absolute atomic E-state index is 13.1. The third-order valence-electron chi connectivity index (χ3n) is 4.94. The van der Waals surface area contributed by atoms with Crippen LogP contribution >= 0.6 is 11.6 Å². The van der Waals surface area contributed by atoms with E-state index >= 15 is 0 Å². The predicted octanol–water partition coefficient (Wildman–Crippen LogP) is 3.90. The van der Waals surface area contributed by atoms with Gasteiger partial charge in [-0.15, -0.1) is 0 Å². The molecule has 8 nitrogen and oxygen atoms in total. The summed E-state index contributed by atoms with van der Waals surface area (Å²) in [5.41, 5.74) is -0.405. The van der Waals surface area contributed by atoms with Crippen LogP contribution in [0.25, 0.3) is 34.1 Å². The van der Waals surface area contributed by atoms with E-state index in [0.717, 1.165) is 12.3 Å². The fraction of sp³-hybridized carbons (Fsp3) is 0.263. The average Bonchev–Trinajstić information content (AvgIpc) is 3.25. The molecule has 0 saturated carbocycles. The van der Waals surface area contributed by atoms with Gasteiger partial charge in [0, 0.05) is 20.3 Å². The lowest BCUT2D eigenvalue weighted by Gasteiger charge is -2.07. The van der Waals surface area contributed by atoms with Gasteiger partial charge >= 0.3 is 6.18 Å². The molecule has 0 unspecified atom stereocenters. The van der Waals surface area contributed by atoms with Gasteiger partial charge in [0.15, 0.2) is 26.5 Å². The van der Waals surface area contributed by atoms with Crippen molar-refractivity contribution in [2.75, 3.05) is 5.75 Å². The molecule has 0 radical (unpaired) electrons. The molecule has 0 bridgehead atoms. The Morgan fingerprint density at radius 1 is 1.03 bits per heavy atom. The fourth-order valence-corrected chi connectivity index (χ4v) is 4.64. The Morgan fingerprint density at radius 2 is 1.75 bits per heavy atom. The summed E-state index contributed by atoms with van der Waals surface area (Å²) in [6.45, 7) is 1.49. The quantitative estimate of drug-likeness (QED) is 0.436. The summed E-state index contributed by atoms with van der Waals surface area (Å²) in [5.74, 6) is 0.116. The maximum Gasteiger partial charge on any atom is 0.433 e. The van der Waals surface area contributed by atoms with Gasteiger partial charge in [-0.25, -0.2) is 23.4 Å². The highest BCUT2D eigenvalue weighted by Gasteiger charge is 2.34. The van der Waals surface area contributed by atoms with E-state index in [4.69, 9.17) is 11.6 Å². The molecule has 4 heterocycles. The Morgan fingerprint density at radius 3 is 2.34 bits per heavy atom. The SMILES string of the molecule is CCS(=O)(=O)c1c(-c2nc3cc(C(F)(F)F)ncc3n2C)nc(-c2ccc(Cl)cn2)n1C. The van der Waals surface area contributed by atoms with Crippen LogP contribution in [0, 0.1) is 0 Å². The second-order valence-electron chi connectivity index (χ2n) is 6.96. The highest BCUT2D eigenvalue weighted by Crippen LogP contribution is 2.34. The van der Waals surface area contributed by atoms with E-state index in [-0.39, 0.29) is 33.6 Å². The largest absolute Gasteiger partial charge is 0.433 e. The van der Waals surface area contributed by atoms with Gasteiger partial charge in [0.05, 0.1) is 28.0 Å². The summed E-state index contributed by atoms with van der Waals surface area (Å²) in [5, 5.41) is 0.280. The van der Waals surface area contributed by atoms with Crippen LogP contribution in [0.3, 0.4) is 0 Å². The van der Waals surface area contributed by atoms with Gasteiger partial charge in [0.1, 0.15) is 17.1 Å². The molecular weight excluding hydrogens is 469 g/mol. The van der Waals surface area contributed by atoms with Crippen molar-refractivity contribution in [2.45, 2.75) is 18.1 Å². The van der Waals surface area contributed by atoms with Crippen LogP contribution in [0.4, 0.5) is 13.2 Å². The molecule has 32 heavy (non-hydrogen) atoms. The first kappa shape index (κ1) is 22.2. The Labute approximate surface area is 185 Å². The molecule has 168 valence electrons. The van der Waals surface area contributed by atoms with Gasteiger partial charge < -0.3 is 9.13 Å². The van der Waals surface area contributed by atoms with E-state index in [0.29, 0.717) is 16.2 Å². The van der Waals surface area contributed by atoms with Crippen molar-refractivity contribution in [3.05, 3.63) is 41.3 Å². The molecular formula is C19H16ClF3N6O2S. The van der Waals surface area contributed by atoms with Gasteiger partial charge in [0.25, 0.3) is 0 Å². The number of aryl methyl sites for hydroxylation is 1. The molecule has 0 atom stereocenters. The smallest absolute Gasteiger partial charge is 0.324 e. The fourth-order valence-electron chi connectivity index (χ4n) is 3.31. The number of pyridine rings is 2. The minimum absolute atomic E-state index is 0.00774. The first-order chi connectivity index (χ1) is 14.9. The Bertz CT molecular complexity index is 1440. The molecule has 0 saturated heterocycles. The topological polar surface area (TPSA) is 95.6 Å². The van der Waals surface area contributed by atoms with Crippen molar-refractivity contribution in [3.63, 3.8) is 0 Å². The van der Waals surface area contributed by atoms with Crippen molar-refractivity contribution < 1.29 is 21.6 Å². The molecule has 0 amide bonds. The number of aromatic nitrogens is 6. The zero-order valence-electron chi connectivity index (χ0n) is 17.0. The monoisotopic (exact) mass is 484 g/mol. The van der Waals surface area contributed by atoms with Gasteiger partial charge in [-0.2, -0.15) is 13.2 Å². The van der Waals surface area contributed by atoms with Gasteiger partial charge in [-0.3, -0.25) is 4.98 Å². The third-order valence-corrected chi connectivity index (χ3v) is 6.98. The lowest BCUT2D eigenvalue weighted by molar-refractivity contribution is -0.141. The minimum Gasteiger partial charge on any atom is -0.324 e. The highest BCUT2D eigenvalue weighted by atomic mass is 35.5. The first-order valence-electron chi connectivity index (χ1n) is 9.25. The molecule has 4 rings (SSSR count). The van der Waals surface area contributed by atoms with Gasteiger partial charge in [-0.05, 0) is 18.2 Å². The molecule has 13 heteroatoms. The number of hydrogen-bond donors (Lipinski definition) is 0. The highest BCUT2D eigenvalue weighted by molar-refractivity contribution is 7.91. The molecule has 0 aliphatic carbocycles. The van der Waals surface area contributed by atoms with E-state index in [1.165, 1.54) is 29.3 Å². The second-order valence-corrected chi connectivity index (χ2v) is 9.59. The summed E-state index contributed by atoms with van der Waals surface area (Å²) < 4.78 is 67.9. The van der Waals surface area contributed by atoms with Crippen LogP contribution in [0.2, 0.25) is 5.02 Å². The summed E-state index contributed by atoms with van der Waals surface area (Å²) in [4.78, 5) is 16.4. The van der Waals surface area contributed by atoms with Crippen LogP contribution in [0.5, 0.6) is 0 Å².